The second-order valence-electron chi connectivity index (χ2n) is 6.63. The topological polar surface area (TPSA) is 43.9 Å². The molecule has 1 aliphatic rings. The Kier molecular flexibility index (Phi) is 8.38. The standard InChI is InChI=1S/C21H31N3O2S/c1-5-13-22(14-6-2)16-24-20(25)19(27-21(24)26)15-17-9-11-18(12-10-17)23(7-3)8-4/h9-12,15H,5-8,13-14,16H2,1-4H3. The van der Waals surface area contributed by atoms with Gasteiger partial charge >= 0.3 is 0 Å². The van der Waals surface area contributed by atoms with Gasteiger partial charge in [0, 0.05) is 18.8 Å². The molecule has 2 rings (SSSR count). The zero-order valence-electron chi connectivity index (χ0n) is 16.9. The van der Waals surface area contributed by atoms with E-state index >= 15 is 0 Å². The lowest BCUT2D eigenvalue weighted by molar-refractivity contribution is -0.124. The largest absolute Gasteiger partial charge is 0.372 e. The highest BCUT2D eigenvalue weighted by Gasteiger charge is 2.35. The van der Waals surface area contributed by atoms with Gasteiger partial charge in [0.1, 0.15) is 0 Å². The maximum atomic E-state index is 12.7. The normalized spacial score (nSPS) is 16.0. The molecule has 0 radical (unpaired) electrons. The summed E-state index contributed by atoms with van der Waals surface area (Å²) in [7, 11) is 0. The Morgan fingerprint density at radius 2 is 1.56 bits per heavy atom. The molecule has 0 N–H and O–H groups in total. The Hall–Kier alpha value is -1.79. The van der Waals surface area contributed by atoms with Crippen LogP contribution in [0.25, 0.3) is 6.08 Å². The molecule has 0 saturated carbocycles. The molecule has 1 aromatic carbocycles. The molecule has 0 spiro atoms. The first-order valence-electron chi connectivity index (χ1n) is 9.86. The molecule has 1 fully saturated rings. The van der Waals surface area contributed by atoms with Crippen molar-refractivity contribution in [3.8, 4) is 0 Å². The van der Waals surface area contributed by atoms with E-state index < -0.39 is 0 Å². The van der Waals surface area contributed by atoms with E-state index in [1.165, 1.54) is 10.6 Å². The minimum atomic E-state index is -0.185. The summed E-state index contributed by atoms with van der Waals surface area (Å²) in [4.78, 5) is 31.4. The average Bonchev–Trinajstić information content (AvgIpc) is 2.92. The minimum Gasteiger partial charge on any atom is -0.372 e. The van der Waals surface area contributed by atoms with Crippen LogP contribution in [0.2, 0.25) is 0 Å². The summed E-state index contributed by atoms with van der Waals surface area (Å²) in [6.45, 7) is 12.6. The summed E-state index contributed by atoms with van der Waals surface area (Å²) in [6, 6.07) is 8.13. The number of carbonyl (C=O) groups is 2. The van der Waals surface area contributed by atoms with Crippen LogP contribution in [0.4, 0.5) is 10.5 Å². The van der Waals surface area contributed by atoms with Crippen molar-refractivity contribution in [3.63, 3.8) is 0 Å². The Morgan fingerprint density at radius 1 is 0.963 bits per heavy atom. The van der Waals surface area contributed by atoms with E-state index in [9.17, 15) is 9.59 Å². The molecule has 1 saturated heterocycles. The van der Waals surface area contributed by atoms with Gasteiger partial charge in [-0.2, -0.15) is 0 Å². The number of hydrogen-bond acceptors (Lipinski definition) is 5. The summed E-state index contributed by atoms with van der Waals surface area (Å²) in [6.07, 6.45) is 3.83. The molecule has 0 aromatic heterocycles. The molecule has 0 unspecified atom stereocenters. The minimum absolute atomic E-state index is 0.178. The number of anilines is 1. The molecule has 148 valence electrons. The lowest BCUT2D eigenvalue weighted by Crippen LogP contribution is -2.41. The fourth-order valence-corrected chi connectivity index (χ4v) is 4.06. The molecular formula is C21H31N3O2S. The van der Waals surface area contributed by atoms with Crippen molar-refractivity contribution >= 4 is 34.7 Å². The van der Waals surface area contributed by atoms with Gasteiger partial charge in [-0.1, -0.05) is 26.0 Å². The lowest BCUT2D eigenvalue weighted by atomic mass is 10.1. The van der Waals surface area contributed by atoms with Crippen molar-refractivity contribution in [1.29, 1.82) is 0 Å². The number of carbonyl (C=O) groups excluding carboxylic acids is 2. The highest BCUT2D eigenvalue weighted by Crippen LogP contribution is 2.32. The van der Waals surface area contributed by atoms with Gasteiger partial charge in [-0.25, -0.2) is 0 Å². The molecular weight excluding hydrogens is 358 g/mol. The van der Waals surface area contributed by atoms with Crippen molar-refractivity contribution in [1.82, 2.24) is 9.80 Å². The van der Waals surface area contributed by atoms with Gasteiger partial charge in [-0.05, 0) is 75.3 Å². The van der Waals surface area contributed by atoms with Crippen LogP contribution in [-0.2, 0) is 4.79 Å². The van der Waals surface area contributed by atoms with Crippen LogP contribution >= 0.6 is 11.8 Å². The van der Waals surface area contributed by atoms with E-state index in [4.69, 9.17) is 0 Å². The predicted molar refractivity (Wildman–Crippen MR) is 115 cm³/mol. The third-order valence-electron chi connectivity index (χ3n) is 4.61. The first-order chi connectivity index (χ1) is 13.0. The monoisotopic (exact) mass is 389 g/mol. The molecule has 2 amide bonds. The zero-order chi connectivity index (χ0) is 19.8. The number of benzene rings is 1. The Bertz CT molecular complexity index is 663. The highest BCUT2D eigenvalue weighted by atomic mass is 32.2. The summed E-state index contributed by atoms with van der Waals surface area (Å²) in [5.74, 6) is -0.185. The van der Waals surface area contributed by atoms with Crippen LogP contribution in [0.15, 0.2) is 29.2 Å². The molecule has 1 aromatic rings. The Balaban J connectivity index is 2.11. The number of hydrogen-bond donors (Lipinski definition) is 0. The SMILES string of the molecule is CCCN(CCC)CN1C(=O)SC(=Cc2ccc(N(CC)CC)cc2)C1=O. The quantitative estimate of drug-likeness (QED) is 0.545. The molecule has 1 heterocycles. The van der Waals surface area contributed by atoms with E-state index in [0.29, 0.717) is 11.6 Å². The van der Waals surface area contributed by atoms with Crippen LogP contribution in [0.1, 0.15) is 46.1 Å². The molecule has 0 atom stereocenters. The number of nitrogens with zero attached hydrogens (tertiary/aromatic N) is 3. The summed E-state index contributed by atoms with van der Waals surface area (Å²) < 4.78 is 0. The maximum absolute atomic E-state index is 12.7. The summed E-state index contributed by atoms with van der Waals surface area (Å²) >= 11 is 1.04. The van der Waals surface area contributed by atoms with Crippen LogP contribution in [0.3, 0.4) is 0 Å². The van der Waals surface area contributed by atoms with Gasteiger partial charge in [-0.15, -0.1) is 0 Å². The lowest BCUT2D eigenvalue weighted by Gasteiger charge is -2.25. The highest BCUT2D eigenvalue weighted by molar-refractivity contribution is 8.18. The van der Waals surface area contributed by atoms with Crippen molar-refractivity contribution in [2.75, 3.05) is 37.7 Å². The van der Waals surface area contributed by atoms with Crippen molar-refractivity contribution in [3.05, 3.63) is 34.7 Å². The Labute approximate surface area is 167 Å². The van der Waals surface area contributed by atoms with Gasteiger partial charge in [0.2, 0.25) is 0 Å². The first kappa shape index (κ1) is 21.5. The smallest absolute Gasteiger partial charge is 0.294 e. The fraction of sp³-hybridized carbons (Fsp3) is 0.524. The van der Waals surface area contributed by atoms with Crippen LogP contribution in [-0.4, -0.2) is 53.8 Å². The second kappa shape index (κ2) is 10.5. The van der Waals surface area contributed by atoms with Crippen molar-refractivity contribution in [2.24, 2.45) is 0 Å². The predicted octanol–water partition coefficient (Wildman–Crippen LogP) is 4.65. The third kappa shape index (κ3) is 5.59. The van der Waals surface area contributed by atoms with E-state index in [-0.39, 0.29) is 11.1 Å². The average molecular weight is 390 g/mol. The number of imide groups is 1. The molecule has 5 nitrogen and oxygen atoms in total. The third-order valence-corrected chi connectivity index (χ3v) is 5.52. The van der Waals surface area contributed by atoms with Gasteiger partial charge < -0.3 is 4.90 Å². The number of thioether (sulfide) groups is 1. The Morgan fingerprint density at radius 3 is 2.07 bits per heavy atom. The van der Waals surface area contributed by atoms with Gasteiger partial charge in [-0.3, -0.25) is 19.4 Å². The van der Waals surface area contributed by atoms with Crippen LogP contribution in [0.5, 0.6) is 0 Å². The molecule has 0 bridgehead atoms. The van der Waals surface area contributed by atoms with Gasteiger partial charge in [0.25, 0.3) is 11.1 Å². The van der Waals surface area contributed by atoms with Crippen molar-refractivity contribution < 1.29 is 9.59 Å². The fourth-order valence-electron chi connectivity index (χ4n) is 3.23. The van der Waals surface area contributed by atoms with Crippen LogP contribution in [0, 0.1) is 0 Å². The maximum Gasteiger partial charge on any atom is 0.294 e. The first-order valence-corrected chi connectivity index (χ1v) is 10.7. The van der Waals surface area contributed by atoms with Crippen LogP contribution < -0.4 is 4.90 Å². The van der Waals surface area contributed by atoms with Crippen molar-refractivity contribution in [2.45, 2.75) is 40.5 Å². The van der Waals surface area contributed by atoms with E-state index in [0.717, 1.165) is 56.3 Å². The molecule has 0 aliphatic carbocycles. The molecule has 6 heteroatoms. The van der Waals surface area contributed by atoms with E-state index in [2.05, 4.69) is 49.6 Å². The summed E-state index contributed by atoms with van der Waals surface area (Å²) in [5, 5.41) is -0.178. The summed E-state index contributed by atoms with van der Waals surface area (Å²) in [5.41, 5.74) is 2.11. The van der Waals surface area contributed by atoms with E-state index in [1.807, 2.05) is 18.2 Å². The number of rotatable bonds is 10. The molecule has 27 heavy (non-hydrogen) atoms. The van der Waals surface area contributed by atoms with Gasteiger partial charge in [0.15, 0.2) is 0 Å². The van der Waals surface area contributed by atoms with Gasteiger partial charge in [0.05, 0.1) is 11.6 Å². The number of amides is 2. The molecule has 1 aliphatic heterocycles. The second-order valence-corrected chi connectivity index (χ2v) is 7.63. The zero-order valence-corrected chi connectivity index (χ0v) is 17.7. The van der Waals surface area contributed by atoms with E-state index in [1.54, 1.807) is 0 Å².